The molecule has 0 radical (unpaired) electrons. The van der Waals surface area contributed by atoms with Crippen LogP contribution in [0.4, 0.5) is 0 Å². The molecule has 4 atom stereocenters. The highest BCUT2D eigenvalue weighted by Gasteiger charge is 2.40. The van der Waals surface area contributed by atoms with E-state index in [9.17, 15) is 19.8 Å². The van der Waals surface area contributed by atoms with Crippen molar-refractivity contribution in [1.29, 1.82) is 0 Å². The molecule has 1 aliphatic heterocycles. The van der Waals surface area contributed by atoms with E-state index in [1.807, 2.05) is 0 Å². The third-order valence-electron chi connectivity index (χ3n) is 3.25. The van der Waals surface area contributed by atoms with Gasteiger partial charge in [-0.3, -0.25) is 9.59 Å². The van der Waals surface area contributed by atoms with Gasteiger partial charge in [-0.1, -0.05) is 6.42 Å². The highest BCUT2D eigenvalue weighted by Crippen LogP contribution is 2.35. The summed E-state index contributed by atoms with van der Waals surface area (Å²) in [7, 11) is 1.59. The van der Waals surface area contributed by atoms with E-state index in [2.05, 4.69) is 5.32 Å². The third kappa shape index (κ3) is 5.00. The summed E-state index contributed by atoms with van der Waals surface area (Å²) in [6.07, 6.45) is 0.968. The summed E-state index contributed by atoms with van der Waals surface area (Å²) in [5.74, 6) is -1.10. The Morgan fingerprint density at radius 3 is 2.58 bits per heavy atom. The zero-order chi connectivity index (χ0) is 14.4. The number of aliphatic hydroxyl groups excluding tert-OH is 2. The normalized spacial score (nSPS) is 30.9. The minimum absolute atomic E-state index is 0.00448. The Morgan fingerprint density at radius 1 is 1.32 bits per heavy atom. The van der Waals surface area contributed by atoms with Gasteiger partial charge in [0.1, 0.15) is 11.4 Å². The molecule has 4 unspecified atom stereocenters. The number of aliphatic carboxylic acids is 1. The number of rotatable bonds is 6. The highest BCUT2D eigenvalue weighted by atomic mass is 32.2. The minimum Gasteiger partial charge on any atom is -0.480 e. The summed E-state index contributed by atoms with van der Waals surface area (Å²) in [4.78, 5) is 22.0. The number of carboxylic acid groups (broad SMARTS) is 1. The van der Waals surface area contributed by atoms with Crippen LogP contribution in [0, 0.1) is 0 Å². The predicted octanol–water partition coefficient (Wildman–Crippen LogP) is -0.0267. The molecule has 7 heteroatoms. The summed E-state index contributed by atoms with van der Waals surface area (Å²) in [5, 5.41) is 29.8. The lowest BCUT2D eigenvalue weighted by Crippen LogP contribution is -2.46. The second-order valence-electron chi connectivity index (χ2n) is 4.73. The Balaban J connectivity index is 2.34. The van der Waals surface area contributed by atoms with Crippen molar-refractivity contribution in [2.75, 3.05) is 7.05 Å². The maximum absolute atomic E-state index is 11.0. The van der Waals surface area contributed by atoms with Crippen molar-refractivity contribution in [3.05, 3.63) is 0 Å². The Morgan fingerprint density at radius 2 is 2.00 bits per heavy atom. The Kier molecular flexibility index (Phi) is 6.60. The second kappa shape index (κ2) is 7.72. The van der Waals surface area contributed by atoms with E-state index in [0.717, 1.165) is 19.3 Å². The molecule has 1 rings (SSSR count). The number of carboxylic acids is 1. The molecule has 1 heterocycles. The standard InChI is InChI=1S/C12H21NO5S/c1-13-9(15)5-3-2-4-7-6-8(14)10(16)11(19-7)12(17)18/h7-8,10-11,14,16H,2-6H2,1H3,(H,13,15)(H,17,18). The van der Waals surface area contributed by atoms with Gasteiger partial charge in [0.2, 0.25) is 5.91 Å². The molecule has 1 amide bonds. The number of carbonyl (C=O) groups is 2. The first-order valence-corrected chi connectivity index (χ1v) is 7.35. The summed E-state index contributed by atoms with van der Waals surface area (Å²) in [6, 6.07) is 0. The monoisotopic (exact) mass is 291 g/mol. The van der Waals surface area contributed by atoms with Crippen molar-refractivity contribution in [2.24, 2.45) is 0 Å². The van der Waals surface area contributed by atoms with Gasteiger partial charge in [-0.15, -0.1) is 11.8 Å². The molecule has 19 heavy (non-hydrogen) atoms. The van der Waals surface area contributed by atoms with Gasteiger partial charge in [-0.2, -0.15) is 0 Å². The van der Waals surface area contributed by atoms with Crippen LogP contribution in [-0.4, -0.2) is 57.0 Å². The fourth-order valence-electron chi connectivity index (χ4n) is 2.13. The molecule has 6 nitrogen and oxygen atoms in total. The fraction of sp³-hybridized carbons (Fsp3) is 0.833. The molecule has 4 N–H and O–H groups in total. The lowest BCUT2D eigenvalue weighted by Gasteiger charge is -2.34. The molecule has 0 saturated carbocycles. The van der Waals surface area contributed by atoms with Crippen LogP contribution in [0.1, 0.15) is 32.1 Å². The largest absolute Gasteiger partial charge is 0.480 e. The van der Waals surface area contributed by atoms with Crippen LogP contribution in [0.5, 0.6) is 0 Å². The summed E-state index contributed by atoms with van der Waals surface area (Å²) < 4.78 is 0. The van der Waals surface area contributed by atoms with E-state index in [0.29, 0.717) is 12.8 Å². The zero-order valence-electron chi connectivity index (χ0n) is 10.9. The quantitative estimate of drug-likeness (QED) is 0.512. The molecule has 0 aromatic rings. The van der Waals surface area contributed by atoms with Gasteiger partial charge in [0, 0.05) is 18.7 Å². The maximum atomic E-state index is 11.0. The van der Waals surface area contributed by atoms with E-state index >= 15 is 0 Å². The number of hydrogen-bond donors (Lipinski definition) is 4. The fourth-order valence-corrected chi connectivity index (χ4v) is 3.61. The van der Waals surface area contributed by atoms with Crippen molar-refractivity contribution in [3.63, 3.8) is 0 Å². The van der Waals surface area contributed by atoms with Gasteiger partial charge < -0.3 is 20.6 Å². The smallest absolute Gasteiger partial charge is 0.319 e. The topological polar surface area (TPSA) is 107 Å². The first-order chi connectivity index (χ1) is 8.95. The number of amides is 1. The summed E-state index contributed by atoms with van der Waals surface area (Å²) in [6.45, 7) is 0. The van der Waals surface area contributed by atoms with Crippen LogP contribution < -0.4 is 5.32 Å². The van der Waals surface area contributed by atoms with E-state index in [-0.39, 0.29) is 11.2 Å². The van der Waals surface area contributed by atoms with Crippen LogP contribution in [0.3, 0.4) is 0 Å². The minimum atomic E-state index is -1.20. The molecular formula is C12H21NO5S. The highest BCUT2D eigenvalue weighted by molar-refractivity contribution is 8.01. The number of carbonyl (C=O) groups excluding carboxylic acids is 1. The van der Waals surface area contributed by atoms with Gasteiger partial charge in [-0.25, -0.2) is 0 Å². The molecule has 0 bridgehead atoms. The molecule has 0 spiro atoms. The van der Waals surface area contributed by atoms with Crippen LogP contribution in [0.15, 0.2) is 0 Å². The van der Waals surface area contributed by atoms with Gasteiger partial charge >= 0.3 is 5.97 Å². The van der Waals surface area contributed by atoms with Crippen LogP contribution in [0.2, 0.25) is 0 Å². The Bertz CT molecular complexity index is 325. The van der Waals surface area contributed by atoms with Gasteiger partial charge in [0.15, 0.2) is 0 Å². The van der Waals surface area contributed by atoms with E-state index in [1.54, 1.807) is 7.05 Å². The van der Waals surface area contributed by atoms with Crippen molar-refractivity contribution in [1.82, 2.24) is 5.32 Å². The number of thioether (sulfide) groups is 1. The lowest BCUT2D eigenvalue weighted by atomic mass is 10.0. The second-order valence-corrected chi connectivity index (χ2v) is 6.18. The zero-order valence-corrected chi connectivity index (χ0v) is 11.7. The van der Waals surface area contributed by atoms with E-state index < -0.39 is 23.4 Å². The summed E-state index contributed by atoms with van der Waals surface area (Å²) in [5.41, 5.74) is 0. The van der Waals surface area contributed by atoms with E-state index in [1.165, 1.54) is 11.8 Å². The third-order valence-corrected chi connectivity index (χ3v) is 4.84. The average Bonchev–Trinajstić information content (AvgIpc) is 2.37. The number of nitrogens with one attached hydrogen (secondary N) is 1. The van der Waals surface area contributed by atoms with Crippen LogP contribution in [0.25, 0.3) is 0 Å². The molecule has 110 valence electrons. The summed E-state index contributed by atoms with van der Waals surface area (Å²) >= 11 is 1.21. The predicted molar refractivity (Wildman–Crippen MR) is 72.0 cm³/mol. The molecule has 1 aliphatic rings. The molecule has 0 aromatic carbocycles. The SMILES string of the molecule is CNC(=O)CCCCC1CC(O)C(O)C(C(=O)O)S1. The average molecular weight is 291 g/mol. The first-order valence-electron chi connectivity index (χ1n) is 6.40. The van der Waals surface area contributed by atoms with Crippen molar-refractivity contribution >= 4 is 23.6 Å². The Hall–Kier alpha value is -0.790. The molecule has 0 aliphatic carbocycles. The van der Waals surface area contributed by atoms with E-state index in [4.69, 9.17) is 5.11 Å². The molecular weight excluding hydrogens is 270 g/mol. The first kappa shape index (κ1) is 16.3. The Labute approximate surface area is 116 Å². The number of aliphatic hydroxyl groups is 2. The van der Waals surface area contributed by atoms with Crippen molar-refractivity contribution in [3.8, 4) is 0 Å². The van der Waals surface area contributed by atoms with Gasteiger partial charge in [0.25, 0.3) is 0 Å². The van der Waals surface area contributed by atoms with Gasteiger partial charge in [-0.05, 0) is 19.3 Å². The maximum Gasteiger partial charge on any atom is 0.319 e. The van der Waals surface area contributed by atoms with Crippen LogP contribution >= 0.6 is 11.8 Å². The van der Waals surface area contributed by atoms with Gasteiger partial charge in [0.05, 0.1) is 6.10 Å². The number of unbranched alkanes of at least 4 members (excludes halogenated alkanes) is 1. The number of hydrogen-bond acceptors (Lipinski definition) is 5. The van der Waals surface area contributed by atoms with Crippen molar-refractivity contribution in [2.45, 2.75) is 54.8 Å². The molecule has 1 fully saturated rings. The molecule has 0 aromatic heterocycles. The lowest BCUT2D eigenvalue weighted by molar-refractivity contribution is -0.140. The molecule has 1 saturated heterocycles. The van der Waals surface area contributed by atoms with Crippen molar-refractivity contribution < 1.29 is 24.9 Å². The van der Waals surface area contributed by atoms with Crippen LogP contribution in [-0.2, 0) is 9.59 Å².